The van der Waals surface area contributed by atoms with Gasteiger partial charge < -0.3 is 16.2 Å². The second kappa shape index (κ2) is 4.25. The lowest BCUT2D eigenvalue weighted by Gasteiger charge is -2.54. The minimum absolute atomic E-state index is 0.322. The fraction of sp³-hybridized carbons (Fsp3) is 0.923. The summed E-state index contributed by atoms with van der Waals surface area (Å²) in [7, 11) is 0. The van der Waals surface area contributed by atoms with E-state index in [-0.39, 0.29) is 0 Å². The molecule has 0 spiro atoms. The Labute approximate surface area is 102 Å². The lowest BCUT2D eigenvalue weighted by Crippen LogP contribution is -2.56. The van der Waals surface area contributed by atoms with Crippen LogP contribution in [0.3, 0.4) is 0 Å². The largest absolute Gasteiger partial charge is 0.382 e. The third-order valence-corrected chi connectivity index (χ3v) is 5.10. The molecule has 4 aliphatic rings. The lowest BCUT2D eigenvalue weighted by molar-refractivity contribution is -0.126. The molecule has 0 heterocycles. The van der Waals surface area contributed by atoms with Crippen LogP contribution in [0.2, 0.25) is 0 Å². The number of nitrogens with one attached hydrogen (secondary N) is 1. The van der Waals surface area contributed by atoms with Crippen molar-refractivity contribution in [2.75, 3.05) is 6.54 Å². The number of primary amides is 1. The number of rotatable bonds is 4. The van der Waals surface area contributed by atoms with Crippen LogP contribution in [0.1, 0.15) is 32.1 Å². The van der Waals surface area contributed by atoms with Gasteiger partial charge in [-0.25, -0.2) is 0 Å². The molecule has 1 unspecified atom stereocenters. The van der Waals surface area contributed by atoms with Crippen molar-refractivity contribution in [3.05, 3.63) is 0 Å². The van der Waals surface area contributed by atoms with E-state index in [0.29, 0.717) is 12.6 Å². The Bertz CT molecular complexity index is 291. The third-order valence-electron chi connectivity index (χ3n) is 5.10. The van der Waals surface area contributed by atoms with Crippen molar-refractivity contribution in [1.82, 2.24) is 5.32 Å². The number of nitrogens with two attached hydrogens (primary N) is 1. The van der Waals surface area contributed by atoms with E-state index in [0.717, 1.165) is 23.7 Å². The van der Waals surface area contributed by atoms with Gasteiger partial charge in [0.1, 0.15) is 6.10 Å². The van der Waals surface area contributed by atoms with Crippen molar-refractivity contribution in [2.45, 2.75) is 44.2 Å². The molecule has 0 aromatic heterocycles. The summed E-state index contributed by atoms with van der Waals surface area (Å²) in [4.78, 5) is 10.8. The molecule has 4 fully saturated rings. The van der Waals surface area contributed by atoms with E-state index >= 15 is 0 Å². The lowest BCUT2D eigenvalue weighted by atomic mass is 9.54. The quantitative estimate of drug-likeness (QED) is 0.657. The maximum atomic E-state index is 10.8. The molecular formula is C13H22N2O2. The molecule has 0 radical (unpaired) electrons. The highest BCUT2D eigenvalue weighted by atomic mass is 16.3. The maximum absolute atomic E-state index is 10.8. The maximum Gasteiger partial charge on any atom is 0.247 e. The van der Waals surface area contributed by atoms with Crippen LogP contribution in [0, 0.1) is 23.7 Å². The van der Waals surface area contributed by atoms with E-state index < -0.39 is 12.0 Å². The first kappa shape index (κ1) is 11.5. The zero-order valence-corrected chi connectivity index (χ0v) is 10.1. The van der Waals surface area contributed by atoms with Gasteiger partial charge >= 0.3 is 0 Å². The van der Waals surface area contributed by atoms with E-state index in [1.807, 2.05) is 0 Å². The summed E-state index contributed by atoms with van der Waals surface area (Å²) in [5.74, 6) is 2.83. The van der Waals surface area contributed by atoms with Crippen LogP contribution in [0.15, 0.2) is 0 Å². The van der Waals surface area contributed by atoms with Crippen LogP contribution in [-0.2, 0) is 4.79 Å². The van der Waals surface area contributed by atoms with Gasteiger partial charge in [0.15, 0.2) is 0 Å². The van der Waals surface area contributed by atoms with Crippen molar-refractivity contribution in [3.8, 4) is 0 Å². The summed E-state index contributed by atoms with van der Waals surface area (Å²) in [6.07, 6.45) is 5.79. The standard InChI is InChI=1S/C13H22N2O2/c14-13(17)11(16)6-15-12-9-2-7-1-8(4-9)5-10(12)3-7/h7-12,15-16H,1-6H2,(H2,14,17). The monoisotopic (exact) mass is 238 g/mol. The number of hydrogen-bond donors (Lipinski definition) is 3. The molecule has 0 aromatic rings. The molecule has 4 N–H and O–H groups in total. The molecule has 17 heavy (non-hydrogen) atoms. The van der Waals surface area contributed by atoms with E-state index in [1.54, 1.807) is 0 Å². The van der Waals surface area contributed by atoms with Crippen molar-refractivity contribution in [3.63, 3.8) is 0 Å². The number of carbonyl (C=O) groups excluding carboxylic acids is 1. The normalized spacial score (nSPS) is 44.9. The van der Waals surface area contributed by atoms with Crippen LogP contribution >= 0.6 is 0 Å². The van der Waals surface area contributed by atoms with Gasteiger partial charge in [-0.3, -0.25) is 4.79 Å². The SMILES string of the molecule is NC(=O)C(O)CNC1C2CC3CC(C2)CC1C3. The molecule has 4 heteroatoms. The van der Waals surface area contributed by atoms with Crippen LogP contribution in [0.25, 0.3) is 0 Å². The van der Waals surface area contributed by atoms with Crippen LogP contribution in [-0.4, -0.2) is 29.7 Å². The van der Waals surface area contributed by atoms with Gasteiger partial charge in [0, 0.05) is 12.6 Å². The Morgan fingerprint density at radius 1 is 1.18 bits per heavy atom. The molecule has 4 aliphatic carbocycles. The van der Waals surface area contributed by atoms with Gasteiger partial charge in [-0.1, -0.05) is 0 Å². The third kappa shape index (κ3) is 2.08. The minimum Gasteiger partial charge on any atom is -0.382 e. The first-order chi connectivity index (χ1) is 8.13. The Balaban J connectivity index is 1.59. The van der Waals surface area contributed by atoms with E-state index in [1.165, 1.54) is 32.1 Å². The molecule has 0 aliphatic heterocycles. The molecule has 0 aromatic carbocycles. The molecular weight excluding hydrogens is 216 g/mol. The Morgan fingerprint density at radius 2 is 1.71 bits per heavy atom. The summed E-state index contributed by atoms with van der Waals surface area (Å²) < 4.78 is 0. The highest BCUT2D eigenvalue weighted by molar-refractivity contribution is 5.78. The Morgan fingerprint density at radius 3 is 2.18 bits per heavy atom. The van der Waals surface area contributed by atoms with Gasteiger partial charge in [0.05, 0.1) is 0 Å². The van der Waals surface area contributed by atoms with Gasteiger partial charge in [-0.15, -0.1) is 0 Å². The average molecular weight is 238 g/mol. The summed E-state index contributed by atoms with van der Waals surface area (Å²) in [6, 6.07) is 0.511. The number of hydrogen-bond acceptors (Lipinski definition) is 3. The Kier molecular flexibility index (Phi) is 2.87. The summed E-state index contributed by atoms with van der Waals surface area (Å²) in [6.45, 7) is 0.322. The highest BCUT2D eigenvalue weighted by Gasteiger charge is 2.47. The topological polar surface area (TPSA) is 75.4 Å². The molecule has 1 atom stereocenters. The minimum atomic E-state index is -1.04. The number of amides is 1. The van der Waals surface area contributed by atoms with Crippen molar-refractivity contribution >= 4 is 5.91 Å². The predicted octanol–water partition coefficient (Wildman–Crippen LogP) is 0.247. The second-order valence-electron chi connectivity index (χ2n) is 6.28. The number of aliphatic hydroxyl groups excluding tert-OH is 1. The summed E-state index contributed by atoms with van der Waals surface area (Å²) >= 11 is 0. The molecule has 4 saturated carbocycles. The summed E-state index contributed by atoms with van der Waals surface area (Å²) in [5.41, 5.74) is 5.07. The average Bonchev–Trinajstić information content (AvgIpc) is 2.26. The van der Waals surface area contributed by atoms with Gasteiger partial charge in [-0.05, 0) is 55.8 Å². The number of aliphatic hydroxyl groups is 1. The zero-order valence-electron chi connectivity index (χ0n) is 10.1. The van der Waals surface area contributed by atoms with Crippen molar-refractivity contribution in [1.29, 1.82) is 0 Å². The smallest absolute Gasteiger partial charge is 0.247 e. The molecule has 1 amide bonds. The first-order valence-electron chi connectivity index (χ1n) is 6.84. The zero-order chi connectivity index (χ0) is 12.0. The molecule has 96 valence electrons. The van der Waals surface area contributed by atoms with Gasteiger partial charge in [-0.2, -0.15) is 0 Å². The van der Waals surface area contributed by atoms with Crippen LogP contribution in [0.4, 0.5) is 0 Å². The number of carbonyl (C=O) groups is 1. The van der Waals surface area contributed by atoms with E-state index in [2.05, 4.69) is 5.32 Å². The fourth-order valence-electron chi connectivity index (χ4n) is 4.61. The molecule has 4 nitrogen and oxygen atoms in total. The molecule has 0 saturated heterocycles. The second-order valence-corrected chi connectivity index (χ2v) is 6.28. The first-order valence-corrected chi connectivity index (χ1v) is 6.84. The molecule has 4 rings (SSSR count). The van der Waals surface area contributed by atoms with Crippen molar-refractivity contribution in [2.24, 2.45) is 29.4 Å². The summed E-state index contributed by atoms with van der Waals surface area (Å²) in [5, 5.41) is 12.8. The van der Waals surface area contributed by atoms with Gasteiger partial charge in [0.25, 0.3) is 0 Å². The molecule has 4 bridgehead atoms. The van der Waals surface area contributed by atoms with Crippen LogP contribution in [0.5, 0.6) is 0 Å². The van der Waals surface area contributed by atoms with Crippen molar-refractivity contribution < 1.29 is 9.90 Å². The van der Waals surface area contributed by atoms with E-state index in [9.17, 15) is 9.90 Å². The fourth-order valence-corrected chi connectivity index (χ4v) is 4.61. The van der Waals surface area contributed by atoms with Gasteiger partial charge in [0.2, 0.25) is 5.91 Å². The van der Waals surface area contributed by atoms with E-state index in [4.69, 9.17) is 5.73 Å². The Hall–Kier alpha value is -0.610. The van der Waals surface area contributed by atoms with Crippen LogP contribution < -0.4 is 11.1 Å². The highest BCUT2D eigenvalue weighted by Crippen LogP contribution is 2.53. The predicted molar refractivity (Wildman–Crippen MR) is 64.0 cm³/mol.